The first-order valence-electron chi connectivity index (χ1n) is 11.7. The highest BCUT2D eigenvalue weighted by Gasteiger charge is 2.46. The summed E-state index contributed by atoms with van der Waals surface area (Å²) in [5.41, 5.74) is -4.89. The number of nitrogens with zero attached hydrogens (tertiary/aromatic N) is 5. The number of rotatable bonds is 9. The summed E-state index contributed by atoms with van der Waals surface area (Å²) in [6.07, 6.45) is 2.53. The molecular formula is C22H29F3N6O4S2. The molecule has 1 aliphatic rings. The van der Waals surface area contributed by atoms with Crippen molar-refractivity contribution >= 4 is 49.5 Å². The number of fused-ring (bicyclic) bond motifs is 1. The Bertz CT molecular complexity index is 1280. The van der Waals surface area contributed by atoms with E-state index in [0.29, 0.717) is 12.2 Å². The summed E-state index contributed by atoms with van der Waals surface area (Å²) in [4.78, 5) is 13.9. The van der Waals surface area contributed by atoms with Crippen LogP contribution in [-0.2, 0) is 14.8 Å². The van der Waals surface area contributed by atoms with Gasteiger partial charge in [0.15, 0.2) is 0 Å². The van der Waals surface area contributed by atoms with Gasteiger partial charge in [-0.2, -0.15) is 21.6 Å². The van der Waals surface area contributed by atoms with Crippen LogP contribution < -0.4 is 9.62 Å². The van der Waals surface area contributed by atoms with Gasteiger partial charge < -0.3 is 9.64 Å². The Balaban J connectivity index is 2.11. The molecule has 0 saturated carbocycles. The lowest BCUT2D eigenvalue weighted by Crippen LogP contribution is -2.48. The zero-order valence-corrected chi connectivity index (χ0v) is 22.7. The van der Waals surface area contributed by atoms with Gasteiger partial charge in [-0.15, -0.1) is 20.4 Å². The van der Waals surface area contributed by atoms with Gasteiger partial charge in [0.25, 0.3) is 5.13 Å². The zero-order chi connectivity index (χ0) is 27.6. The minimum absolute atomic E-state index is 0.0158. The SMILES string of the molecule is CCCCN1c2cc(NS(=O)(=O)C(F)(F)F)c(N=Nc3nnc(C(=O)OCC)s3)cc2C(C)CC1(C)C. The van der Waals surface area contributed by atoms with Crippen molar-refractivity contribution in [2.75, 3.05) is 22.8 Å². The molecule has 15 heteroatoms. The lowest BCUT2D eigenvalue weighted by atomic mass is 9.79. The van der Waals surface area contributed by atoms with Gasteiger partial charge in [-0.3, -0.25) is 4.72 Å². The molecule has 0 fully saturated rings. The predicted molar refractivity (Wildman–Crippen MR) is 134 cm³/mol. The van der Waals surface area contributed by atoms with E-state index in [0.717, 1.165) is 36.2 Å². The third-order valence-electron chi connectivity index (χ3n) is 5.90. The van der Waals surface area contributed by atoms with E-state index in [4.69, 9.17) is 4.74 Å². The van der Waals surface area contributed by atoms with Crippen molar-refractivity contribution in [3.05, 3.63) is 22.7 Å². The van der Waals surface area contributed by atoms with Crippen molar-refractivity contribution < 1.29 is 31.1 Å². The highest BCUT2D eigenvalue weighted by atomic mass is 32.2. The number of benzene rings is 1. The molecule has 0 radical (unpaired) electrons. The molecule has 204 valence electrons. The van der Waals surface area contributed by atoms with Crippen LogP contribution in [0.15, 0.2) is 22.4 Å². The Labute approximate surface area is 217 Å². The summed E-state index contributed by atoms with van der Waals surface area (Å²) < 4.78 is 70.2. The monoisotopic (exact) mass is 562 g/mol. The predicted octanol–water partition coefficient (Wildman–Crippen LogP) is 6.28. The fraction of sp³-hybridized carbons (Fsp3) is 0.591. The van der Waals surface area contributed by atoms with E-state index >= 15 is 0 Å². The number of hydrogen-bond donors (Lipinski definition) is 1. The first-order valence-corrected chi connectivity index (χ1v) is 14.0. The number of carbonyl (C=O) groups excluding carboxylic acids is 1. The number of alkyl halides is 3. The minimum atomic E-state index is -5.73. The molecule has 0 bridgehead atoms. The average Bonchev–Trinajstić information content (AvgIpc) is 3.26. The van der Waals surface area contributed by atoms with Crippen molar-refractivity contribution in [1.29, 1.82) is 0 Å². The van der Waals surface area contributed by atoms with Crippen LogP contribution in [-0.4, -0.2) is 48.8 Å². The summed E-state index contributed by atoms with van der Waals surface area (Å²) in [5, 5.41) is 15.2. The Kier molecular flexibility index (Phi) is 8.47. The second kappa shape index (κ2) is 10.9. The Hall–Kier alpha value is -2.81. The molecule has 1 unspecified atom stereocenters. The molecule has 1 N–H and O–H groups in total. The van der Waals surface area contributed by atoms with Crippen LogP contribution in [0.1, 0.15) is 75.2 Å². The topological polar surface area (TPSA) is 126 Å². The summed E-state index contributed by atoms with van der Waals surface area (Å²) >= 11 is 0.778. The van der Waals surface area contributed by atoms with Crippen LogP contribution in [0.3, 0.4) is 0 Å². The largest absolute Gasteiger partial charge is 0.516 e. The maximum Gasteiger partial charge on any atom is 0.516 e. The number of unbranched alkanes of at least 4 members (excludes halogenated alkanes) is 1. The molecule has 0 aliphatic carbocycles. The van der Waals surface area contributed by atoms with Crippen LogP contribution in [0.2, 0.25) is 0 Å². The number of ether oxygens (including phenoxy) is 1. The summed E-state index contributed by atoms with van der Waals surface area (Å²) in [5.74, 6) is -0.681. The smallest absolute Gasteiger partial charge is 0.461 e. The van der Waals surface area contributed by atoms with Gasteiger partial charge in [0.05, 0.1) is 12.3 Å². The molecule has 1 aliphatic heterocycles. The molecule has 2 aromatic rings. The van der Waals surface area contributed by atoms with Gasteiger partial charge in [-0.25, -0.2) is 4.79 Å². The molecule has 37 heavy (non-hydrogen) atoms. The van der Waals surface area contributed by atoms with E-state index in [9.17, 15) is 26.4 Å². The highest BCUT2D eigenvalue weighted by molar-refractivity contribution is 7.93. The fourth-order valence-electron chi connectivity index (χ4n) is 4.25. The van der Waals surface area contributed by atoms with E-state index in [1.54, 1.807) is 17.7 Å². The number of hydrogen-bond acceptors (Lipinski definition) is 10. The second-order valence-electron chi connectivity index (χ2n) is 9.21. The molecule has 1 atom stereocenters. The van der Waals surface area contributed by atoms with Crippen molar-refractivity contribution in [2.24, 2.45) is 10.2 Å². The molecule has 0 saturated heterocycles. The van der Waals surface area contributed by atoms with Gasteiger partial charge in [0.1, 0.15) is 5.69 Å². The molecule has 0 spiro atoms. The quantitative estimate of drug-likeness (QED) is 0.281. The van der Waals surface area contributed by atoms with Gasteiger partial charge in [0.2, 0.25) is 5.01 Å². The number of aromatic nitrogens is 2. The minimum Gasteiger partial charge on any atom is -0.461 e. The number of halogens is 3. The van der Waals surface area contributed by atoms with Crippen LogP contribution in [0.4, 0.5) is 35.4 Å². The van der Waals surface area contributed by atoms with Gasteiger partial charge >= 0.3 is 21.5 Å². The van der Waals surface area contributed by atoms with Crippen molar-refractivity contribution in [1.82, 2.24) is 10.2 Å². The molecule has 2 heterocycles. The van der Waals surface area contributed by atoms with Gasteiger partial charge in [-0.05, 0) is 57.2 Å². The maximum absolute atomic E-state index is 13.2. The van der Waals surface area contributed by atoms with Crippen molar-refractivity contribution in [3.8, 4) is 0 Å². The third kappa shape index (κ3) is 6.37. The average molecular weight is 563 g/mol. The van der Waals surface area contributed by atoms with Crippen LogP contribution in [0, 0.1) is 0 Å². The normalized spacial score (nSPS) is 17.6. The summed E-state index contributed by atoms with van der Waals surface area (Å²) in [6.45, 7) is 10.5. The maximum atomic E-state index is 13.2. The van der Waals surface area contributed by atoms with Gasteiger partial charge in [-0.1, -0.05) is 31.6 Å². The number of esters is 1. The van der Waals surface area contributed by atoms with Crippen LogP contribution in [0.25, 0.3) is 0 Å². The zero-order valence-electron chi connectivity index (χ0n) is 21.1. The number of carbonyl (C=O) groups is 1. The standard InChI is InChI=1S/C22H29F3N6O4S2/c1-6-8-9-31-17-11-16(30-37(33,34)22(23,24)25)15(10-14(17)13(3)12-21(31,4)5)26-28-20-29-27-18(36-20)19(32)35-7-2/h10-11,13,30H,6-9,12H2,1-5H3. The molecule has 1 aromatic carbocycles. The highest BCUT2D eigenvalue weighted by Crippen LogP contribution is 2.48. The number of azo groups is 1. The fourth-order valence-corrected chi connectivity index (χ4v) is 5.38. The van der Waals surface area contributed by atoms with E-state index < -0.39 is 21.5 Å². The number of anilines is 2. The van der Waals surface area contributed by atoms with E-state index in [2.05, 4.69) is 25.3 Å². The van der Waals surface area contributed by atoms with Gasteiger partial charge in [0, 0.05) is 17.8 Å². The van der Waals surface area contributed by atoms with E-state index in [-0.39, 0.29) is 39.6 Å². The first-order chi connectivity index (χ1) is 17.2. The Morgan fingerprint density at radius 1 is 1.27 bits per heavy atom. The summed E-state index contributed by atoms with van der Waals surface area (Å²) in [6, 6.07) is 2.92. The molecule has 0 amide bonds. The van der Waals surface area contributed by atoms with E-state index in [1.165, 1.54) is 6.07 Å². The van der Waals surface area contributed by atoms with Crippen LogP contribution >= 0.6 is 11.3 Å². The molecule has 10 nitrogen and oxygen atoms in total. The Morgan fingerprint density at radius 3 is 2.59 bits per heavy atom. The third-order valence-corrected chi connectivity index (χ3v) is 7.78. The molecule has 3 rings (SSSR count). The number of nitrogens with one attached hydrogen (secondary N) is 1. The Morgan fingerprint density at radius 2 is 1.97 bits per heavy atom. The van der Waals surface area contributed by atoms with Crippen molar-refractivity contribution in [2.45, 2.75) is 70.8 Å². The van der Waals surface area contributed by atoms with Crippen molar-refractivity contribution in [3.63, 3.8) is 0 Å². The lowest BCUT2D eigenvalue weighted by molar-refractivity contribution is -0.0429. The lowest BCUT2D eigenvalue weighted by Gasteiger charge is -2.48. The second-order valence-corrected chi connectivity index (χ2v) is 11.8. The molecule has 1 aromatic heterocycles. The van der Waals surface area contributed by atoms with Crippen LogP contribution in [0.5, 0.6) is 0 Å². The molecular weight excluding hydrogens is 533 g/mol. The summed E-state index contributed by atoms with van der Waals surface area (Å²) in [7, 11) is -5.73. The number of sulfonamides is 1. The first kappa shape index (κ1) is 28.8. The van der Waals surface area contributed by atoms with E-state index in [1.807, 2.05) is 27.7 Å².